The number of rotatable bonds is 8. The van der Waals surface area contributed by atoms with Gasteiger partial charge in [-0.15, -0.1) is 0 Å². The molecule has 0 atom stereocenters. The van der Waals surface area contributed by atoms with Crippen molar-refractivity contribution in [3.8, 4) is 11.3 Å². The van der Waals surface area contributed by atoms with Crippen molar-refractivity contribution in [3.05, 3.63) is 107 Å². The first kappa shape index (κ1) is 23.3. The number of carbonyl (C=O) groups is 1. The van der Waals surface area contributed by atoms with Gasteiger partial charge in [0, 0.05) is 29.4 Å². The molecule has 0 fully saturated rings. The van der Waals surface area contributed by atoms with Crippen LogP contribution in [0.2, 0.25) is 0 Å². The van der Waals surface area contributed by atoms with Gasteiger partial charge in [-0.1, -0.05) is 66.7 Å². The molecule has 34 heavy (non-hydrogen) atoms. The molecule has 174 valence electrons. The quantitative estimate of drug-likeness (QED) is 0.400. The third-order valence-electron chi connectivity index (χ3n) is 5.31. The molecule has 2 N–H and O–H groups in total. The van der Waals surface area contributed by atoms with Crippen LogP contribution in [-0.4, -0.2) is 30.4 Å². The van der Waals surface area contributed by atoms with E-state index in [4.69, 9.17) is 5.10 Å². The van der Waals surface area contributed by atoms with Gasteiger partial charge in [-0.2, -0.15) is 5.10 Å². The topological polar surface area (TPSA) is 93.1 Å². The molecular weight excluding hydrogens is 448 g/mol. The van der Waals surface area contributed by atoms with Crippen LogP contribution in [0, 0.1) is 6.92 Å². The van der Waals surface area contributed by atoms with E-state index in [-0.39, 0.29) is 12.5 Å². The van der Waals surface area contributed by atoms with Gasteiger partial charge in [0.2, 0.25) is 10.0 Å². The van der Waals surface area contributed by atoms with Crippen LogP contribution < -0.4 is 10.0 Å². The summed E-state index contributed by atoms with van der Waals surface area (Å²) in [5, 5.41) is 7.72. The van der Waals surface area contributed by atoms with Crippen LogP contribution in [0.1, 0.15) is 27.0 Å². The van der Waals surface area contributed by atoms with Gasteiger partial charge in [-0.3, -0.25) is 14.2 Å². The van der Waals surface area contributed by atoms with Crippen molar-refractivity contribution in [2.24, 2.45) is 0 Å². The first-order valence-corrected chi connectivity index (χ1v) is 12.7. The fraction of sp³-hybridized carbons (Fsp3) is 0.154. The molecule has 4 aromatic rings. The Balaban J connectivity index is 1.56. The first-order valence-electron chi connectivity index (χ1n) is 10.8. The molecule has 7 nitrogen and oxygen atoms in total. The molecule has 0 unspecified atom stereocenters. The average molecular weight is 475 g/mol. The minimum absolute atomic E-state index is 0.278. The number of hydrogen-bond acceptors (Lipinski definition) is 4. The highest BCUT2D eigenvalue weighted by atomic mass is 32.2. The first-order chi connectivity index (χ1) is 16.3. The number of carbonyl (C=O) groups excluding carboxylic acids is 1. The predicted octanol–water partition coefficient (Wildman–Crippen LogP) is 4.21. The summed E-state index contributed by atoms with van der Waals surface area (Å²) >= 11 is 0. The molecule has 0 saturated heterocycles. The number of amides is 1. The maximum atomic E-state index is 12.9. The lowest BCUT2D eigenvalue weighted by Crippen LogP contribution is -2.23. The lowest BCUT2D eigenvalue weighted by atomic mass is 10.1. The second-order valence-electron chi connectivity index (χ2n) is 8.14. The number of anilines is 1. The molecule has 8 heteroatoms. The summed E-state index contributed by atoms with van der Waals surface area (Å²) in [6.07, 6.45) is 3.03. The molecule has 1 amide bonds. The van der Waals surface area contributed by atoms with Gasteiger partial charge in [0.1, 0.15) is 0 Å². The Morgan fingerprint density at radius 3 is 2.32 bits per heavy atom. The van der Waals surface area contributed by atoms with Gasteiger partial charge >= 0.3 is 0 Å². The fourth-order valence-corrected chi connectivity index (χ4v) is 4.25. The van der Waals surface area contributed by atoms with Gasteiger partial charge in [0.15, 0.2) is 0 Å². The van der Waals surface area contributed by atoms with Crippen LogP contribution in [0.4, 0.5) is 5.69 Å². The van der Waals surface area contributed by atoms with Crippen molar-refractivity contribution < 1.29 is 13.2 Å². The normalized spacial score (nSPS) is 11.2. The van der Waals surface area contributed by atoms with Gasteiger partial charge in [0.05, 0.1) is 24.2 Å². The van der Waals surface area contributed by atoms with Crippen molar-refractivity contribution in [1.82, 2.24) is 15.1 Å². The Morgan fingerprint density at radius 1 is 0.971 bits per heavy atom. The van der Waals surface area contributed by atoms with Crippen LogP contribution in [0.3, 0.4) is 0 Å². The minimum Gasteiger partial charge on any atom is -0.348 e. The molecular formula is C26H26N4O3S. The highest BCUT2D eigenvalue weighted by molar-refractivity contribution is 7.92. The predicted molar refractivity (Wildman–Crippen MR) is 134 cm³/mol. The summed E-state index contributed by atoms with van der Waals surface area (Å²) in [6.45, 7) is 2.68. The van der Waals surface area contributed by atoms with E-state index in [0.717, 1.165) is 34.2 Å². The number of nitrogens with one attached hydrogen (secondary N) is 2. The molecule has 0 spiro atoms. The molecule has 0 saturated carbocycles. The lowest BCUT2D eigenvalue weighted by Gasteiger charge is -2.11. The Bertz CT molecular complexity index is 1400. The second-order valence-corrected chi connectivity index (χ2v) is 9.89. The van der Waals surface area contributed by atoms with E-state index < -0.39 is 10.0 Å². The average Bonchev–Trinajstić information content (AvgIpc) is 3.22. The molecule has 1 heterocycles. The van der Waals surface area contributed by atoms with Crippen molar-refractivity contribution >= 4 is 21.6 Å². The van der Waals surface area contributed by atoms with E-state index in [1.165, 1.54) is 0 Å². The van der Waals surface area contributed by atoms with Crippen molar-refractivity contribution in [1.29, 1.82) is 0 Å². The number of nitrogens with zero attached hydrogens (tertiary/aromatic N) is 2. The van der Waals surface area contributed by atoms with Gasteiger partial charge in [-0.25, -0.2) is 8.42 Å². The summed E-state index contributed by atoms with van der Waals surface area (Å²) in [7, 11) is -3.45. The van der Waals surface area contributed by atoms with E-state index in [2.05, 4.69) is 10.0 Å². The Kier molecular flexibility index (Phi) is 6.79. The van der Waals surface area contributed by atoms with Crippen LogP contribution in [0.15, 0.2) is 85.1 Å². The third-order valence-corrected chi connectivity index (χ3v) is 5.90. The summed E-state index contributed by atoms with van der Waals surface area (Å²) in [6, 6.07) is 24.8. The summed E-state index contributed by atoms with van der Waals surface area (Å²) in [4.78, 5) is 12.9. The summed E-state index contributed by atoms with van der Waals surface area (Å²) < 4.78 is 27.6. The van der Waals surface area contributed by atoms with Gasteiger partial charge in [-0.05, 0) is 30.2 Å². The van der Waals surface area contributed by atoms with E-state index in [1.54, 1.807) is 25.1 Å². The Labute approximate surface area is 199 Å². The maximum Gasteiger partial charge on any atom is 0.251 e. The molecule has 0 bridgehead atoms. The second kappa shape index (κ2) is 9.93. The van der Waals surface area contributed by atoms with Crippen molar-refractivity contribution in [2.45, 2.75) is 20.0 Å². The monoisotopic (exact) mass is 474 g/mol. The maximum absolute atomic E-state index is 12.9. The zero-order valence-electron chi connectivity index (χ0n) is 19.0. The highest BCUT2D eigenvalue weighted by Gasteiger charge is 2.15. The molecule has 1 aromatic heterocycles. The number of aromatic nitrogens is 2. The zero-order chi connectivity index (χ0) is 24.1. The standard InChI is InChI=1S/C26H26N4O3S/c1-19-13-14-22(15-24(19)29-34(2,32)33)26(31)27-16-23-18-30(17-20-9-5-3-6-10-20)28-25(23)21-11-7-4-8-12-21/h3-15,18,29H,16-17H2,1-2H3,(H,27,31). The third kappa shape index (κ3) is 5.90. The molecule has 0 aliphatic heterocycles. The van der Waals surface area contributed by atoms with Crippen molar-refractivity contribution in [3.63, 3.8) is 0 Å². The number of aryl methyl sites for hydroxylation is 1. The minimum atomic E-state index is -3.45. The van der Waals surface area contributed by atoms with Crippen LogP contribution in [0.5, 0.6) is 0 Å². The van der Waals surface area contributed by atoms with Crippen LogP contribution in [0.25, 0.3) is 11.3 Å². The van der Waals surface area contributed by atoms with Crippen LogP contribution in [-0.2, 0) is 23.1 Å². The van der Waals surface area contributed by atoms with Crippen molar-refractivity contribution in [2.75, 3.05) is 11.0 Å². The molecule has 4 rings (SSSR count). The fourth-order valence-electron chi connectivity index (χ4n) is 3.63. The molecule has 0 aliphatic carbocycles. The number of sulfonamides is 1. The van der Waals surface area contributed by atoms with Gasteiger partial charge in [0.25, 0.3) is 5.91 Å². The van der Waals surface area contributed by atoms with Gasteiger partial charge < -0.3 is 5.32 Å². The zero-order valence-corrected chi connectivity index (χ0v) is 19.8. The van der Waals surface area contributed by atoms with E-state index in [9.17, 15) is 13.2 Å². The van der Waals surface area contributed by atoms with E-state index in [1.807, 2.05) is 71.5 Å². The lowest BCUT2D eigenvalue weighted by molar-refractivity contribution is 0.0951. The number of hydrogen-bond donors (Lipinski definition) is 2. The highest BCUT2D eigenvalue weighted by Crippen LogP contribution is 2.23. The molecule has 3 aromatic carbocycles. The summed E-state index contributed by atoms with van der Waals surface area (Å²) in [5.74, 6) is -0.300. The summed E-state index contributed by atoms with van der Waals surface area (Å²) in [5.41, 5.74) is 5.28. The smallest absolute Gasteiger partial charge is 0.251 e. The van der Waals surface area contributed by atoms with E-state index >= 15 is 0 Å². The Morgan fingerprint density at radius 2 is 1.65 bits per heavy atom. The SMILES string of the molecule is Cc1ccc(C(=O)NCc2cn(Cc3ccccc3)nc2-c2ccccc2)cc1NS(C)(=O)=O. The van der Waals surface area contributed by atoms with Crippen LogP contribution >= 0.6 is 0 Å². The molecule has 0 radical (unpaired) electrons. The Hall–Kier alpha value is -3.91. The largest absolute Gasteiger partial charge is 0.348 e. The number of benzene rings is 3. The van der Waals surface area contributed by atoms with E-state index in [0.29, 0.717) is 17.8 Å². The molecule has 0 aliphatic rings.